The minimum Gasteiger partial charge on any atom is -0.280 e. The van der Waals surface area contributed by atoms with Gasteiger partial charge in [0.15, 0.2) is 0 Å². The van der Waals surface area contributed by atoms with Gasteiger partial charge in [0.25, 0.3) is 10.0 Å². The van der Waals surface area contributed by atoms with Crippen molar-refractivity contribution in [1.29, 1.82) is 0 Å². The smallest absolute Gasteiger partial charge is 0.261 e. The molecule has 4 atom stereocenters. The molecule has 0 heterocycles. The summed E-state index contributed by atoms with van der Waals surface area (Å²) in [5, 5.41) is 0. The van der Waals surface area contributed by atoms with Crippen LogP contribution in [-0.4, -0.2) is 22.9 Å². The predicted octanol–water partition coefficient (Wildman–Crippen LogP) is 3.59. The molecular formula is C21H26N2O4S2. The van der Waals surface area contributed by atoms with E-state index in [-0.39, 0.29) is 15.8 Å². The Morgan fingerprint density at radius 3 is 2.07 bits per heavy atom. The number of hydrogen-bond acceptors (Lipinski definition) is 4. The third-order valence-electron chi connectivity index (χ3n) is 6.25. The van der Waals surface area contributed by atoms with Crippen molar-refractivity contribution < 1.29 is 16.8 Å². The van der Waals surface area contributed by atoms with Crippen molar-refractivity contribution in [3.05, 3.63) is 54.6 Å². The summed E-state index contributed by atoms with van der Waals surface area (Å²) in [6.45, 7) is 1.95. The van der Waals surface area contributed by atoms with Crippen LogP contribution in [0.25, 0.3) is 0 Å². The first-order valence-corrected chi connectivity index (χ1v) is 12.9. The second-order valence-electron chi connectivity index (χ2n) is 8.19. The van der Waals surface area contributed by atoms with Crippen molar-refractivity contribution in [3.8, 4) is 0 Å². The fourth-order valence-electron chi connectivity index (χ4n) is 4.82. The van der Waals surface area contributed by atoms with E-state index in [1.165, 1.54) is 55.7 Å². The van der Waals surface area contributed by atoms with Gasteiger partial charge >= 0.3 is 0 Å². The van der Waals surface area contributed by atoms with Gasteiger partial charge in [-0.15, -0.1) is 0 Å². The number of nitrogens with one attached hydrogen (secondary N) is 2. The van der Waals surface area contributed by atoms with E-state index in [9.17, 15) is 16.8 Å². The lowest BCUT2D eigenvalue weighted by Crippen LogP contribution is -2.40. The highest BCUT2D eigenvalue weighted by Gasteiger charge is 2.42. The van der Waals surface area contributed by atoms with Crippen LogP contribution in [-0.2, 0) is 20.0 Å². The van der Waals surface area contributed by atoms with Crippen LogP contribution in [0.1, 0.15) is 32.6 Å². The topological polar surface area (TPSA) is 92.3 Å². The van der Waals surface area contributed by atoms with Crippen LogP contribution in [0.5, 0.6) is 0 Å². The summed E-state index contributed by atoms with van der Waals surface area (Å²) in [6, 6.07) is 13.7. The van der Waals surface area contributed by atoms with Crippen molar-refractivity contribution in [1.82, 2.24) is 4.72 Å². The van der Waals surface area contributed by atoms with Crippen LogP contribution >= 0.6 is 0 Å². The summed E-state index contributed by atoms with van der Waals surface area (Å²) in [4.78, 5) is 0.285. The zero-order valence-electron chi connectivity index (χ0n) is 16.3. The highest BCUT2D eigenvalue weighted by atomic mass is 32.2. The van der Waals surface area contributed by atoms with Gasteiger partial charge in [0, 0.05) is 11.7 Å². The monoisotopic (exact) mass is 434 g/mol. The number of anilines is 1. The van der Waals surface area contributed by atoms with E-state index >= 15 is 0 Å². The summed E-state index contributed by atoms with van der Waals surface area (Å²) in [5.74, 6) is 1.79. The molecule has 156 valence electrons. The number of fused-ring (bicyclic) bond motifs is 2. The Morgan fingerprint density at radius 2 is 1.48 bits per heavy atom. The fourth-order valence-corrected chi connectivity index (χ4v) is 7.20. The first-order valence-electron chi connectivity index (χ1n) is 9.95. The van der Waals surface area contributed by atoms with Gasteiger partial charge in [-0.25, -0.2) is 21.6 Å². The van der Waals surface area contributed by atoms with Crippen molar-refractivity contribution in [2.45, 2.75) is 48.4 Å². The van der Waals surface area contributed by atoms with Gasteiger partial charge in [0.05, 0.1) is 9.79 Å². The summed E-state index contributed by atoms with van der Waals surface area (Å²) in [5.41, 5.74) is 0.314. The molecule has 29 heavy (non-hydrogen) atoms. The van der Waals surface area contributed by atoms with Crippen molar-refractivity contribution in [2.24, 2.45) is 17.8 Å². The van der Waals surface area contributed by atoms with Crippen molar-refractivity contribution >= 4 is 25.7 Å². The van der Waals surface area contributed by atoms with E-state index in [1.54, 1.807) is 18.2 Å². The number of hydrogen-bond donors (Lipinski definition) is 2. The minimum atomic E-state index is -3.71. The fraction of sp³-hybridized carbons (Fsp3) is 0.429. The molecule has 0 saturated heterocycles. The second-order valence-corrected chi connectivity index (χ2v) is 11.6. The molecule has 6 nitrogen and oxygen atoms in total. The first-order chi connectivity index (χ1) is 13.7. The minimum absolute atomic E-state index is 0.105. The second kappa shape index (κ2) is 7.74. The van der Waals surface area contributed by atoms with Crippen LogP contribution in [0.3, 0.4) is 0 Å². The van der Waals surface area contributed by atoms with Gasteiger partial charge in [-0.3, -0.25) is 4.72 Å². The maximum Gasteiger partial charge on any atom is 0.261 e. The van der Waals surface area contributed by atoms with Crippen LogP contribution in [0.4, 0.5) is 5.69 Å². The Labute approximate surface area is 172 Å². The molecule has 2 aliphatic rings. The molecule has 2 bridgehead atoms. The summed E-state index contributed by atoms with van der Waals surface area (Å²) in [7, 11) is -7.37. The SMILES string of the molecule is C[C@@H](NS(=O)(=O)c1ccc(NS(=O)(=O)c2ccccc2)cc1)[C@@H]1C[C@@H]2CC[C@@H]1C2. The van der Waals surface area contributed by atoms with Crippen molar-refractivity contribution in [3.63, 3.8) is 0 Å². The molecule has 2 aliphatic carbocycles. The van der Waals surface area contributed by atoms with Gasteiger partial charge in [-0.05, 0) is 80.3 Å². The largest absolute Gasteiger partial charge is 0.280 e. The molecule has 0 aromatic heterocycles. The zero-order chi connectivity index (χ0) is 20.6. The average Bonchev–Trinajstić information content (AvgIpc) is 3.32. The van der Waals surface area contributed by atoms with Crippen LogP contribution in [0.15, 0.2) is 64.4 Å². The Bertz CT molecular complexity index is 1070. The third-order valence-corrected chi connectivity index (χ3v) is 9.22. The highest BCUT2D eigenvalue weighted by Crippen LogP contribution is 2.49. The molecule has 2 fully saturated rings. The molecule has 0 amide bonds. The van der Waals surface area contributed by atoms with Gasteiger partial charge in [-0.2, -0.15) is 0 Å². The third kappa shape index (κ3) is 4.34. The van der Waals surface area contributed by atoms with E-state index in [2.05, 4.69) is 9.44 Å². The predicted molar refractivity (Wildman–Crippen MR) is 112 cm³/mol. The first kappa shape index (κ1) is 20.4. The molecule has 0 unspecified atom stereocenters. The van der Waals surface area contributed by atoms with Gasteiger partial charge in [0.2, 0.25) is 10.0 Å². The molecule has 2 saturated carbocycles. The van der Waals surface area contributed by atoms with E-state index in [4.69, 9.17) is 0 Å². The normalized spacial score (nSPS) is 25.1. The quantitative estimate of drug-likeness (QED) is 0.697. The Morgan fingerprint density at radius 1 is 0.828 bits per heavy atom. The maximum absolute atomic E-state index is 12.8. The van der Waals surface area contributed by atoms with Crippen LogP contribution in [0.2, 0.25) is 0 Å². The lowest BCUT2D eigenvalue weighted by Gasteiger charge is -2.28. The molecule has 4 rings (SSSR count). The molecule has 0 spiro atoms. The standard InChI is InChI=1S/C21H26N2O4S2/c1-15(21-14-16-7-8-17(21)13-16)22-28(24,25)20-11-9-18(10-12-20)23-29(26,27)19-5-3-2-4-6-19/h2-6,9-12,15-17,21-23H,7-8,13-14H2,1H3/t15-,16-,17-,21+/m1/s1. The van der Waals surface area contributed by atoms with E-state index < -0.39 is 20.0 Å². The summed E-state index contributed by atoms with van der Waals surface area (Å²) >= 11 is 0. The highest BCUT2D eigenvalue weighted by molar-refractivity contribution is 7.92. The van der Waals surface area contributed by atoms with Gasteiger partial charge in [0.1, 0.15) is 0 Å². The average molecular weight is 435 g/mol. The number of rotatable bonds is 7. The maximum atomic E-state index is 12.8. The van der Waals surface area contributed by atoms with Crippen LogP contribution in [0, 0.1) is 17.8 Å². The number of sulfonamides is 2. The molecular weight excluding hydrogens is 408 g/mol. The van der Waals surface area contributed by atoms with E-state index in [1.807, 2.05) is 6.92 Å². The molecule has 8 heteroatoms. The van der Waals surface area contributed by atoms with Crippen molar-refractivity contribution in [2.75, 3.05) is 4.72 Å². The van der Waals surface area contributed by atoms with E-state index in [0.717, 1.165) is 12.3 Å². The molecule has 0 aliphatic heterocycles. The van der Waals surface area contributed by atoms with Gasteiger partial charge < -0.3 is 0 Å². The molecule has 0 radical (unpaired) electrons. The molecule has 2 N–H and O–H groups in total. The summed E-state index contributed by atoms with van der Waals surface area (Å²) in [6.07, 6.45) is 4.82. The zero-order valence-corrected chi connectivity index (χ0v) is 17.9. The Kier molecular flexibility index (Phi) is 5.44. The lowest BCUT2D eigenvalue weighted by molar-refractivity contribution is 0.280. The lowest BCUT2D eigenvalue weighted by atomic mass is 9.84. The van der Waals surface area contributed by atoms with Crippen LogP contribution < -0.4 is 9.44 Å². The van der Waals surface area contributed by atoms with Gasteiger partial charge in [-0.1, -0.05) is 24.6 Å². The molecule has 2 aromatic rings. The van der Waals surface area contributed by atoms with E-state index in [0.29, 0.717) is 17.5 Å². The summed E-state index contributed by atoms with van der Waals surface area (Å²) < 4.78 is 55.6. The number of benzene rings is 2. The Hall–Kier alpha value is -1.90. The molecule has 2 aromatic carbocycles. The Balaban J connectivity index is 1.44.